The highest BCUT2D eigenvalue weighted by Gasteiger charge is 2.52. The maximum Gasteiger partial charge on any atom is 0.237 e. The molecule has 2 amide bonds. The third-order valence-electron chi connectivity index (χ3n) is 6.01. The van der Waals surface area contributed by atoms with Crippen LogP contribution >= 0.6 is 0 Å². The smallest absolute Gasteiger partial charge is 0.237 e. The molecule has 2 fully saturated rings. The number of ether oxygens (including phenoxy) is 1. The lowest BCUT2D eigenvalue weighted by Gasteiger charge is -2.38. The van der Waals surface area contributed by atoms with Crippen LogP contribution in [0.1, 0.15) is 37.7 Å². The molecule has 4 rings (SSSR count). The fourth-order valence-electron chi connectivity index (χ4n) is 4.32. The fourth-order valence-corrected chi connectivity index (χ4v) is 4.32. The van der Waals surface area contributed by atoms with E-state index in [9.17, 15) is 9.59 Å². The normalized spacial score (nSPS) is 21.7. The van der Waals surface area contributed by atoms with Gasteiger partial charge in [-0.25, -0.2) is 0 Å². The molecule has 0 aromatic heterocycles. The van der Waals surface area contributed by atoms with Crippen LogP contribution in [0.25, 0.3) is 0 Å². The molecule has 1 saturated heterocycles. The summed E-state index contributed by atoms with van der Waals surface area (Å²) in [5.74, 6) is 1.06. The van der Waals surface area contributed by atoms with Crippen LogP contribution in [0.4, 0.5) is 5.69 Å². The SMILES string of the molecule is COCCN1C(=O)C2(CCN(C(=O)CC3CC3)CC2)c2ccccc21. The lowest BCUT2D eigenvalue weighted by Crippen LogP contribution is -2.50. The van der Waals surface area contributed by atoms with Crippen molar-refractivity contribution in [3.63, 3.8) is 0 Å². The molecule has 1 spiro atoms. The molecule has 1 saturated carbocycles. The molecule has 2 aliphatic heterocycles. The highest BCUT2D eigenvalue weighted by molar-refractivity contribution is 6.08. The Labute approximate surface area is 148 Å². The lowest BCUT2D eigenvalue weighted by atomic mass is 9.73. The summed E-state index contributed by atoms with van der Waals surface area (Å²) in [6.45, 7) is 2.48. The Morgan fingerprint density at radius 3 is 2.64 bits per heavy atom. The minimum Gasteiger partial charge on any atom is -0.383 e. The Morgan fingerprint density at radius 1 is 1.24 bits per heavy atom. The number of benzene rings is 1. The van der Waals surface area contributed by atoms with Crippen molar-refractivity contribution < 1.29 is 14.3 Å². The van der Waals surface area contributed by atoms with Crippen LogP contribution in [0.5, 0.6) is 0 Å². The van der Waals surface area contributed by atoms with Gasteiger partial charge in [0.25, 0.3) is 0 Å². The van der Waals surface area contributed by atoms with E-state index in [2.05, 4.69) is 6.07 Å². The second kappa shape index (κ2) is 6.45. The summed E-state index contributed by atoms with van der Waals surface area (Å²) in [4.78, 5) is 29.5. The molecule has 0 atom stereocenters. The van der Waals surface area contributed by atoms with Crippen LogP contribution in [0, 0.1) is 5.92 Å². The summed E-state index contributed by atoms with van der Waals surface area (Å²) in [5.41, 5.74) is 1.69. The van der Waals surface area contributed by atoms with Crippen molar-refractivity contribution in [2.45, 2.75) is 37.5 Å². The minimum atomic E-state index is -0.458. The van der Waals surface area contributed by atoms with E-state index in [1.165, 1.54) is 12.8 Å². The molecular formula is C20H26N2O3. The standard InChI is InChI=1S/C20H26N2O3/c1-25-13-12-22-17-5-3-2-4-16(17)20(19(22)24)8-10-21(11-9-20)18(23)14-15-6-7-15/h2-5,15H,6-14H2,1H3. The van der Waals surface area contributed by atoms with E-state index >= 15 is 0 Å². The van der Waals surface area contributed by atoms with Gasteiger partial charge in [0.05, 0.1) is 12.0 Å². The van der Waals surface area contributed by atoms with Crippen molar-refractivity contribution in [3.05, 3.63) is 29.8 Å². The molecule has 1 aliphatic carbocycles. The van der Waals surface area contributed by atoms with Crippen molar-refractivity contribution >= 4 is 17.5 Å². The third-order valence-corrected chi connectivity index (χ3v) is 6.01. The summed E-state index contributed by atoms with van der Waals surface area (Å²) < 4.78 is 5.19. The Bertz CT molecular complexity index is 675. The number of nitrogens with zero attached hydrogens (tertiary/aromatic N) is 2. The van der Waals surface area contributed by atoms with Gasteiger partial charge in [0.15, 0.2) is 0 Å². The van der Waals surface area contributed by atoms with E-state index in [1.807, 2.05) is 28.0 Å². The Hall–Kier alpha value is -1.88. The highest BCUT2D eigenvalue weighted by atomic mass is 16.5. The number of hydrogen-bond donors (Lipinski definition) is 0. The molecule has 0 radical (unpaired) electrons. The largest absolute Gasteiger partial charge is 0.383 e. The molecule has 2 heterocycles. The molecule has 25 heavy (non-hydrogen) atoms. The molecule has 0 unspecified atom stereocenters. The number of likely N-dealkylation sites (tertiary alicyclic amines) is 1. The van der Waals surface area contributed by atoms with E-state index in [0.717, 1.165) is 24.1 Å². The number of carbonyl (C=O) groups excluding carboxylic acids is 2. The molecule has 1 aromatic rings. The van der Waals surface area contributed by atoms with Gasteiger partial charge in [0.2, 0.25) is 11.8 Å². The molecule has 134 valence electrons. The fraction of sp³-hybridized carbons (Fsp3) is 0.600. The first-order valence-corrected chi connectivity index (χ1v) is 9.34. The number of para-hydroxylation sites is 1. The molecule has 0 bridgehead atoms. The van der Waals surface area contributed by atoms with Gasteiger partial charge < -0.3 is 14.5 Å². The van der Waals surface area contributed by atoms with Gasteiger partial charge in [-0.05, 0) is 43.2 Å². The Kier molecular flexibility index (Phi) is 4.28. The van der Waals surface area contributed by atoms with Crippen LogP contribution in [0.3, 0.4) is 0 Å². The van der Waals surface area contributed by atoms with Gasteiger partial charge in [-0.15, -0.1) is 0 Å². The van der Waals surface area contributed by atoms with E-state index in [4.69, 9.17) is 4.74 Å². The van der Waals surface area contributed by atoms with Gasteiger partial charge in [0, 0.05) is 38.9 Å². The van der Waals surface area contributed by atoms with Crippen molar-refractivity contribution in [1.29, 1.82) is 0 Å². The number of piperidine rings is 1. The molecule has 0 N–H and O–H groups in total. The van der Waals surface area contributed by atoms with Gasteiger partial charge in [0.1, 0.15) is 0 Å². The zero-order valence-electron chi connectivity index (χ0n) is 14.9. The number of carbonyl (C=O) groups is 2. The van der Waals surface area contributed by atoms with Crippen molar-refractivity contribution in [1.82, 2.24) is 4.90 Å². The van der Waals surface area contributed by atoms with Gasteiger partial charge in [-0.3, -0.25) is 9.59 Å². The number of fused-ring (bicyclic) bond motifs is 2. The maximum atomic E-state index is 13.3. The highest BCUT2D eigenvalue weighted by Crippen LogP contribution is 2.48. The van der Waals surface area contributed by atoms with Crippen molar-refractivity contribution in [3.8, 4) is 0 Å². The molecule has 5 heteroatoms. The quantitative estimate of drug-likeness (QED) is 0.825. The van der Waals surface area contributed by atoms with E-state index in [-0.39, 0.29) is 11.8 Å². The number of rotatable bonds is 5. The van der Waals surface area contributed by atoms with Crippen LogP contribution in [0.15, 0.2) is 24.3 Å². The molecule has 1 aromatic carbocycles. The Balaban J connectivity index is 1.53. The van der Waals surface area contributed by atoms with E-state index < -0.39 is 5.41 Å². The number of anilines is 1. The molecular weight excluding hydrogens is 316 g/mol. The minimum absolute atomic E-state index is 0.181. The predicted molar refractivity (Wildman–Crippen MR) is 95.5 cm³/mol. The summed E-state index contributed by atoms with van der Waals surface area (Å²) in [7, 11) is 1.66. The predicted octanol–water partition coefficient (Wildman–Crippen LogP) is 2.34. The van der Waals surface area contributed by atoms with Crippen molar-refractivity contribution in [2.75, 3.05) is 38.3 Å². The van der Waals surface area contributed by atoms with Gasteiger partial charge >= 0.3 is 0 Å². The van der Waals surface area contributed by atoms with Crippen LogP contribution in [-0.4, -0.2) is 50.1 Å². The zero-order valence-corrected chi connectivity index (χ0v) is 14.9. The van der Waals surface area contributed by atoms with Crippen LogP contribution < -0.4 is 4.90 Å². The monoisotopic (exact) mass is 342 g/mol. The average Bonchev–Trinajstić information content (AvgIpc) is 3.42. The third kappa shape index (κ3) is 2.84. The van der Waals surface area contributed by atoms with E-state index in [0.29, 0.717) is 38.6 Å². The first-order chi connectivity index (χ1) is 12.2. The molecule has 5 nitrogen and oxygen atoms in total. The topological polar surface area (TPSA) is 49.9 Å². The van der Waals surface area contributed by atoms with Gasteiger partial charge in [-0.2, -0.15) is 0 Å². The number of amides is 2. The van der Waals surface area contributed by atoms with E-state index in [1.54, 1.807) is 7.11 Å². The van der Waals surface area contributed by atoms with Crippen LogP contribution in [-0.2, 0) is 19.7 Å². The number of hydrogen-bond acceptors (Lipinski definition) is 3. The maximum absolute atomic E-state index is 13.3. The summed E-state index contributed by atoms with van der Waals surface area (Å²) in [6.07, 6.45) is 4.54. The molecule has 3 aliphatic rings. The van der Waals surface area contributed by atoms with Gasteiger partial charge in [-0.1, -0.05) is 18.2 Å². The van der Waals surface area contributed by atoms with Crippen LogP contribution in [0.2, 0.25) is 0 Å². The zero-order chi connectivity index (χ0) is 17.4. The average molecular weight is 342 g/mol. The first kappa shape index (κ1) is 16.6. The van der Waals surface area contributed by atoms with Crippen molar-refractivity contribution in [2.24, 2.45) is 5.92 Å². The lowest BCUT2D eigenvalue weighted by molar-refractivity contribution is -0.136. The second-order valence-corrected chi connectivity index (χ2v) is 7.58. The Morgan fingerprint density at radius 2 is 1.96 bits per heavy atom. The summed E-state index contributed by atoms with van der Waals surface area (Å²) in [5, 5.41) is 0. The summed E-state index contributed by atoms with van der Waals surface area (Å²) >= 11 is 0. The summed E-state index contributed by atoms with van der Waals surface area (Å²) in [6, 6.07) is 8.11. The number of methoxy groups -OCH3 is 1. The first-order valence-electron chi connectivity index (χ1n) is 9.34. The second-order valence-electron chi connectivity index (χ2n) is 7.58.